The first kappa shape index (κ1) is 9.73. The number of carbonyl (C=O) groups excluding carboxylic acids is 1. The summed E-state index contributed by atoms with van der Waals surface area (Å²) in [7, 11) is 1.37. The molecule has 0 aliphatic heterocycles. The number of methoxy groups -OCH3 is 1. The third-order valence-corrected chi connectivity index (χ3v) is 2.43. The third-order valence-electron chi connectivity index (χ3n) is 2.43. The van der Waals surface area contributed by atoms with E-state index in [2.05, 4.69) is 4.98 Å². The van der Waals surface area contributed by atoms with Gasteiger partial charge in [-0.1, -0.05) is 12.1 Å². The predicted molar refractivity (Wildman–Crippen MR) is 57.5 cm³/mol. The summed E-state index contributed by atoms with van der Waals surface area (Å²) in [6.45, 7) is 0.449. The summed E-state index contributed by atoms with van der Waals surface area (Å²) in [6.07, 6.45) is 1.82. The van der Waals surface area contributed by atoms with Crippen molar-refractivity contribution in [1.82, 2.24) is 4.98 Å². The second-order valence-corrected chi connectivity index (χ2v) is 3.24. The van der Waals surface area contributed by atoms with Crippen LogP contribution in [0.4, 0.5) is 0 Å². The molecular formula is C11H12N2O2. The van der Waals surface area contributed by atoms with Crippen LogP contribution >= 0.6 is 0 Å². The highest BCUT2D eigenvalue weighted by Crippen LogP contribution is 2.21. The maximum Gasteiger partial charge on any atom is 0.339 e. The number of ether oxygens (including phenoxy) is 1. The van der Waals surface area contributed by atoms with Crippen LogP contribution < -0.4 is 5.73 Å². The smallest absolute Gasteiger partial charge is 0.339 e. The van der Waals surface area contributed by atoms with Crippen molar-refractivity contribution in [3.8, 4) is 0 Å². The van der Waals surface area contributed by atoms with Gasteiger partial charge in [0, 0.05) is 18.1 Å². The van der Waals surface area contributed by atoms with E-state index in [0.29, 0.717) is 12.1 Å². The molecule has 1 heterocycles. The van der Waals surface area contributed by atoms with Crippen molar-refractivity contribution >= 4 is 16.9 Å². The summed E-state index contributed by atoms with van der Waals surface area (Å²) in [5.41, 5.74) is 7.90. The number of nitrogens with two attached hydrogens (primary N) is 1. The van der Waals surface area contributed by atoms with Crippen molar-refractivity contribution in [2.45, 2.75) is 6.54 Å². The maximum absolute atomic E-state index is 11.5. The molecule has 0 fully saturated rings. The molecule has 0 bridgehead atoms. The lowest BCUT2D eigenvalue weighted by atomic mass is 10.1. The first-order valence-electron chi connectivity index (χ1n) is 4.65. The quantitative estimate of drug-likeness (QED) is 0.727. The molecule has 0 amide bonds. The number of nitrogens with one attached hydrogen (secondary N) is 1. The van der Waals surface area contributed by atoms with Gasteiger partial charge < -0.3 is 15.5 Å². The van der Waals surface area contributed by atoms with Gasteiger partial charge >= 0.3 is 5.97 Å². The summed E-state index contributed by atoms with van der Waals surface area (Å²) >= 11 is 0. The van der Waals surface area contributed by atoms with Crippen LogP contribution in [-0.2, 0) is 11.3 Å². The molecule has 0 spiro atoms. The zero-order valence-electron chi connectivity index (χ0n) is 8.41. The van der Waals surface area contributed by atoms with Gasteiger partial charge in [-0.15, -0.1) is 0 Å². The van der Waals surface area contributed by atoms with Crippen LogP contribution in [0.25, 0.3) is 10.9 Å². The van der Waals surface area contributed by atoms with Crippen LogP contribution in [0.5, 0.6) is 0 Å². The van der Waals surface area contributed by atoms with Crippen molar-refractivity contribution in [1.29, 1.82) is 0 Å². The molecule has 3 N–H and O–H groups in total. The van der Waals surface area contributed by atoms with E-state index in [0.717, 1.165) is 16.5 Å². The summed E-state index contributed by atoms with van der Waals surface area (Å²) in [6, 6.07) is 5.48. The van der Waals surface area contributed by atoms with E-state index in [9.17, 15) is 4.79 Å². The van der Waals surface area contributed by atoms with Crippen molar-refractivity contribution in [2.75, 3.05) is 7.11 Å². The van der Waals surface area contributed by atoms with Gasteiger partial charge in [0.2, 0.25) is 0 Å². The van der Waals surface area contributed by atoms with E-state index in [1.165, 1.54) is 7.11 Å². The Morgan fingerprint density at radius 3 is 3.00 bits per heavy atom. The van der Waals surface area contributed by atoms with Crippen LogP contribution in [0.1, 0.15) is 15.9 Å². The van der Waals surface area contributed by atoms with Crippen molar-refractivity contribution in [2.24, 2.45) is 5.73 Å². The number of benzene rings is 1. The number of hydrogen-bond acceptors (Lipinski definition) is 3. The molecule has 0 radical (unpaired) electrons. The van der Waals surface area contributed by atoms with Gasteiger partial charge in [0.25, 0.3) is 0 Å². The maximum atomic E-state index is 11.5. The molecule has 0 aliphatic rings. The van der Waals surface area contributed by atoms with E-state index >= 15 is 0 Å². The Bertz CT molecular complexity index is 502. The summed E-state index contributed by atoms with van der Waals surface area (Å²) in [5.74, 6) is -0.342. The van der Waals surface area contributed by atoms with Gasteiger partial charge in [-0.05, 0) is 11.6 Å². The van der Waals surface area contributed by atoms with E-state index in [4.69, 9.17) is 10.5 Å². The fourth-order valence-corrected chi connectivity index (χ4v) is 1.66. The minimum absolute atomic E-state index is 0.342. The van der Waals surface area contributed by atoms with Gasteiger partial charge in [0.15, 0.2) is 0 Å². The molecule has 0 atom stereocenters. The zero-order valence-corrected chi connectivity index (χ0v) is 8.41. The molecule has 0 saturated heterocycles. The van der Waals surface area contributed by atoms with Crippen molar-refractivity contribution in [3.63, 3.8) is 0 Å². The molecule has 0 saturated carbocycles. The summed E-state index contributed by atoms with van der Waals surface area (Å²) in [5, 5.41) is 0.973. The predicted octanol–water partition coefficient (Wildman–Crippen LogP) is 1.41. The van der Waals surface area contributed by atoms with Crippen LogP contribution in [0.2, 0.25) is 0 Å². The number of rotatable bonds is 2. The molecule has 4 nitrogen and oxygen atoms in total. The molecule has 0 aliphatic carbocycles. The minimum atomic E-state index is -0.342. The van der Waals surface area contributed by atoms with Gasteiger partial charge in [0.1, 0.15) is 0 Å². The van der Waals surface area contributed by atoms with Gasteiger partial charge in [-0.25, -0.2) is 4.79 Å². The fraction of sp³-hybridized carbons (Fsp3) is 0.182. The van der Waals surface area contributed by atoms with Crippen LogP contribution in [0.3, 0.4) is 0 Å². The first-order valence-corrected chi connectivity index (χ1v) is 4.65. The topological polar surface area (TPSA) is 68.1 Å². The first-order chi connectivity index (χ1) is 7.27. The molecule has 4 heteroatoms. The number of carbonyl (C=O) groups is 1. The molecule has 2 rings (SSSR count). The molecule has 1 aromatic carbocycles. The van der Waals surface area contributed by atoms with E-state index in [1.54, 1.807) is 6.07 Å². The Morgan fingerprint density at radius 2 is 2.33 bits per heavy atom. The molecule has 0 unspecified atom stereocenters. The van der Waals surface area contributed by atoms with Gasteiger partial charge in [-0.3, -0.25) is 0 Å². The third kappa shape index (κ3) is 1.49. The number of H-pyrrole nitrogens is 1. The second kappa shape index (κ2) is 3.74. The SMILES string of the molecule is COC(=O)c1cccc2c(CN)c[nH]c12. The largest absolute Gasteiger partial charge is 0.465 e. The van der Waals surface area contributed by atoms with E-state index < -0.39 is 0 Å². The minimum Gasteiger partial charge on any atom is -0.465 e. The Balaban J connectivity index is 2.67. The highest BCUT2D eigenvalue weighted by Gasteiger charge is 2.12. The number of aromatic amines is 1. The van der Waals surface area contributed by atoms with Gasteiger partial charge in [-0.2, -0.15) is 0 Å². The van der Waals surface area contributed by atoms with Crippen LogP contribution in [0, 0.1) is 0 Å². The zero-order chi connectivity index (χ0) is 10.8. The van der Waals surface area contributed by atoms with Crippen molar-refractivity contribution in [3.05, 3.63) is 35.5 Å². The number of fused-ring (bicyclic) bond motifs is 1. The van der Waals surface area contributed by atoms with Gasteiger partial charge in [0.05, 0.1) is 18.2 Å². The van der Waals surface area contributed by atoms with E-state index in [-0.39, 0.29) is 5.97 Å². The molecule has 15 heavy (non-hydrogen) atoms. The lowest BCUT2D eigenvalue weighted by Gasteiger charge is -2.01. The normalized spacial score (nSPS) is 10.5. The highest BCUT2D eigenvalue weighted by molar-refractivity contribution is 6.03. The molecule has 78 valence electrons. The Labute approximate surface area is 87.0 Å². The average molecular weight is 204 g/mol. The fourth-order valence-electron chi connectivity index (χ4n) is 1.66. The number of esters is 1. The second-order valence-electron chi connectivity index (χ2n) is 3.24. The Hall–Kier alpha value is -1.81. The van der Waals surface area contributed by atoms with Crippen molar-refractivity contribution < 1.29 is 9.53 Å². The summed E-state index contributed by atoms with van der Waals surface area (Å²) < 4.78 is 4.70. The number of para-hydroxylation sites is 1. The number of hydrogen-bond donors (Lipinski definition) is 2. The monoisotopic (exact) mass is 204 g/mol. The van der Waals surface area contributed by atoms with E-state index in [1.807, 2.05) is 18.3 Å². The highest BCUT2D eigenvalue weighted by atomic mass is 16.5. The number of aromatic nitrogens is 1. The standard InChI is InChI=1S/C11H12N2O2/c1-15-11(14)9-4-2-3-8-7(5-12)6-13-10(8)9/h2-4,6,13H,5,12H2,1H3. The summed E-state index contributed by atoms with van der Waals surface area (Å²) in [4.78, 5) is 14.5. The lowest BCUT2D eigenvalue weighted by molar-refractivity contribution is 0.0603. The van der Waals surface area contributed by atoms with Crippen LogP contribution in [-0.4, -0.2) is 18.1 Å². The Morgan fingerprint density at radius 1 is 1.53 bits per heavy atom. The van der Waals surface area contributed by atoms with Crippen LogP contribution in [0.15, 0.2) is 24.4 Å². The molecule has 2 aromatic rings. The molecular weight excluding hydrogens is 192 g/mol. The lowest BCUT2D eigenvalue weighted by Crippen LogP contribution is -2.02. The average Bonchev–Trinajstić information content (AvgIpc) is 2.70. The molecule has 1 aromatic heterocycles. The Kier molecular flexibility index (Phi) is 2.43.